The summed E-state index contributed by atoms with van der Waals surface area (Å²) in [7, 11) is 0. The van der Waals surface area contributed by atoms with Crippen molar-refractivity contribution in [3.8, 4) is 16.9 Å². The number of hydrogen-bond donors (Lipinski definition) is 1. The van der Waals surface area contributed by atoms with Crippen LogP contribution < -0.4 is 4.74 Å². The lowest BCUT2D eigenvalue weighted by Gasteiger charge is -2.24. The monoisotopic (exact) mass is 372 g/mol. The maximum atomic E-state index is 10.9. The summed E-state index contributed by atoms with van der Waals surface area (Å²) in [4.78, 5) is 10.9. The zero-order chi connectivity index (χ0) is 19.3. The molecule has 0 fully saturated rings. The smallest absolute Gasteiger partial charge is 0.303 e. The molecule has 0 saturated heterocycles. The van der Waals surface area contributed by atoms with Crippen molar-refractivity contribution in [3.05, 3.63) is 89.5 Å². The first-order valence-electron chi connectivity index (χ1n) is 9.78. The van der Waals surface area contributed by atoms with Gasteiger partial charge < -0.3 is 9.84 Å². The van der Waals surface area contributed by atoms with Gasteiger partial charge in [-0.05, 0) is 65.1 Å². The van der Waals surface area contributed by atoms with E-state index in [0.29, 0.717) is 6.61 Å². The molecule has 142 valence electrons. The van der Waals surface area contributed by atoms with E-state index in [1.807, 2.05) is 24.3 Å². The normalized spacial score (nSPS) is 15.6. The largest absolute Gasteiger partial charge is 0.489 e. The van der Waals surface area contributed by atoms with Crippen LogP contribution in [0.4, 0.5) is 0 Å². The highest BCUT2D eigenvalue weighted by Crippen LogP contribution is 2.30. The van der Waals surface area contributed by atoms with Gasteiger partial charge in [-0.2, -0.15) is 0 Å². The highest BCUT2D eigenvalue weighted by Gasteiger charge is 2.21. The molecule has 1 aliphatic carbocycles. The first-order valence-corrected chi connectivity index (χ1v) is 9.78. The lowest BCUT2D eigenvalue weighted by atomic mass is 9.82. The fourth-order valence-electron chi connectivity index (χ4n) is 3.91. The third-order valence-corrected chi connectivity index (χ3v) is 5.44. The highest BCUT2D eigenvalue weighted by molar-refractivity contribution is 5.67. The minimum absolute atomic E-state index is 0.250. The SMILES string of the molecule is O=C(O)CC1CCc2cc(OCc3ccc(-c4ccccc4)cc3)ccc2C1. The molecule has 0 radical (unpaired) electrons. The molecule has 1 N–H and O–H groups in total. The number of carbonyl (C=O) groups is 1. The first kappa shape index (κ1) is 18.3. The van der Waals surface area contributed by atoms with Gasteiger partial charge in [0, 0.05) is 6.42 Å². The summed E-state index contributed by atoms with van der Waals surface area (Å²) in [6.45, 7) is 0.537. The molecule has 28 heavy (non-hydrogen) atoms. The Hall–Kier alpha value is -3.07. The second-order valence-electron chi connectivity index (χ2n) is 7.49. The lowest BCUT2D eigenvalue weighted by Crippen LogP contribution is -2.17. The van der Waals surface area contributed by atoms with Crippen molar-refractivity contribution in [2.45, 2.75) is 32.3 Å². The number of rotatable bonds is 6. The van der Waals surface area contributed by atoms with Crippen molar-refractivity contribution in [3.63, 3.8) is 0 Å². The highest BCUT2D eigenvalue weighted by atomic mass is 16.5. The number of aliphatic carboxylic acids is 1. The number of aryl methyl sites for hydroxylation is 1. The average Bonchev–Trinajstić information content (AvgIpc) is 2.73. The molecule has 3 heteroatoms. The van der Waals surface area contributed by atoms with Gasteiger partial charge in [-0.15, -0.1) is 0 Å². The van der Waals surface area contributed by atoms with Crippen molar-refractivity contribution < 1.29 is 14.6 Å². The minimum Gasteiger partial charge on any atom is -0.489 e. The van der Waals surface area contributed by atoms with E-state index < -0.39 is 5.97 Å². The van der Waals surface area contributed by atoms with Gasteiger partial charge in [0.15, 0.2) is 0 Å². The number of ether oxygens (including phenoxy) is 1. The number of hydrogen-bond acceptors (Lipinski definition) is 2. The van der Waals surface area contributed by atoms with E-state index in [9.17, 15) is 4.79 Å². The molecule has 1 aliphatic rings. The molecule has 4 rings (SSSR count). The summed E-state index contributed by atoms with van der Waals surface area (Å²) in [5, 5.41) is 9.00. The minimum atomic E-state index is -0.702. The molecule has 1 atom stereocenters. The molecule has 1 unspecified atom stereocenters. The fraction of sp³-hybridized carbons (Fsp3) is 0.240. The molecule has 3 nitrogen and oxygen atoms in total. The van der Waals surface area contributed by atoms with Crippen LogP contribution in [0.2, 0.25) is 0 Å². The fourth-order valence-corrected chi connectivity index (χ4v) is 3.91. The summed E-state index contributed by atoms with van der Waals surface area (Å²) in [6.07, 6.45) is 2.97. The van der Waals surface area contributed by atoms with Gasteiger partial charge >= 0.3 is 5.97 Å². The Labute approximate surface area is 165 Å². The summed E-state index contributed by atoms with van der Waals surface area (Å²) in [5.74, 6) is 0.425. The van der Waals surface area contributed by atoms with Gasteiger partial charge in [0.05, 0.1) is 0 Å². The van der Waals surface area contributed by atoms with Crippen LogP contribution in [0.3, 0.4) is 0 Å². The zero-order valence-corrected chi connectivity index (χ0v) is 15.8. The van der Waals surface area contributed by atoms with Crippen molar-refractivity contribution in [1.82, 2.24) is 0 Å². The average molecular weight is 372 g/mol. The molecular formula is C25H24O3. The van der Waals surface area contributed by atoms with Crippen LogP contribution in [-0.2, 0) is 24.2 Å². The van der Waals surface area contributed by atoms with E-state index in [2.05, 4.69) is 48.5 Å². The second-order valence-corrected chi connectivity index (χ2v) is 7.49. The van der Waals surface area contributed by atoms with E-state index in [1.165, 1.54) is 22.3 Å². The van der Waals surface area contributed by atoms with Crippen LogP contribution in [0.5, 0.6) is 5.75 Å². The third kappa shape index (κ3) is 4.42. The summed E-state index contributed by atoms with van der Waals surface area (Å²) < 4.78 is 6.00. The molecule has 0 heterocycles. The van der Waals surface area contributed by atoms with Crippen LogP contribution in [0, 0.1) is 5.92 Å². The van der Waals surface area contributed by atoms with E-state index >= 15 is 0 Å². The predicted molar refractivity (Wildman–Crippen MR) is 110 cm³/mol. The van der Waals surface area contributed by atoms with Crippen molar-refractivity contribution in [2.75, 3.05) is 0 Å². The molecule has 0 bridgehead atoms. The van der Waals surface area contributed by atoms with E-state index in [4.69, 9.17) is 9.84 Å². The third-order valence-electron chi connectivity index (χ3n) is 5.44. The van der Waals surface area contributed by atoms with Gasteiger partial charge in [-0.3, -0.25) is 4.79 Å². The number of carboxylic acids is 1. The van der Waals surface area contributed by atoms with Crippen LogP contribution in [-0.4, -0.2) is 11.1 Å². The van der Waals surface area contributed by atoms with Gasteiger partial charge in [-0.1, -0.05) is 60.7 Å². The molecule has 0 aromatic heterocycles. The Morgan fingerprint density at radius 3 is 2.43 bits per heavy atom. The van der Waals surface area contributed by atoms with E-state index in [-0.39, 0.29) is 12.3 Å². The number of fused-ring (bicyclic) bond motifs is 1. The molecule has 0 spiro atoms. The predicted octanol–water partition coefficient (Wildman–Crippen LogP) is 5.51. The second kappa shape index (κ2) is 8.30. The maximum absolute atomic E-state index is 10.9. The summed E-state index contributed by atoms with van der Waals surface area (Å²) in [6, 6.07) is 25.0. The molecule has 3 aromatic carbocycles. The van der Waals surface area contributed by atoms with Crippen molar-refractivity contribution in [1.29, 1.82) is 0 Å². The quantitative estimate of drug-likeness (QED) is 0.620. The van der Waals surface area contributed by atoms with Crippen LogP contribution >= 0.6 is 0 Å². The van der Waals surface area contributed by atoms with Gasteiger partial charge in [0.25, 0.3) is 0 Å². The molecule has 0 amide bonds. The summed E-state index contributed by atoms with van der Waals surface area (Å²) in [5.41, 5.74) is 6.11. The Bertz CT molecular complexity index is 945. The molecule has 0 aliphatic heterocycles. The Morgan fingerprint density at radius 1 is 0.929 bits per heavy atom. The number of benzene rings is 3. The number of carboxylic acid groups (broad SMARTS) is 1. The van der Waals surface area contributed by atoms with Crippen LogP contribution in [0.25, 0.3) is 11.1 Å². The van der Waals surface area contributed by atoms with Gasteiger partial charge in [-0.25, -0.2) is 0 Å². The van der Waals surface area contributed by atoms with Crippen LogP contribution in [0.15, 0.2) is 72.8 Å². The van der Waals surface area contributed by atoms with Crippen molar-refractivity contribution >= 4 is 5.97 Å². The van der Waals surface area contributed by atoms with Gasteiger partial charge in [0.1, 0.15) is 12.4 Å². The van der Waals surface area contributed by atoms with Gasteiger partial charge in [0.2, 0.25) is 0 Å². The molecule has 0 saturated carbocycles. The maximum Gasteiger partial charge on any atom is 0.303 e. The Balaban J connectivity index is 1.37. The first-order chi connectivity index (χ1) is 13.7. The van der Waals surface area contributed by atoms with E-state index in [1.54, 1.807) is 0 Å². The molecule has 3 aromatic rings. The standard InChI is InChI=1S/C25H24O3/c26-25(27)15-19-8-11-23-16-24(13-12-22(23)14-19)28-17-18-6-9-21(10-7-18)20-4-2-1-3-5-20/h1-7,9-10,12-13,16,19H,8,11,14-15,17H2,(H,26,27). The van der Waals surface area contributed by atoms with E-state index in [0.717, 1.165) is 30.6 Å². The Morgan fingerprint density at radius 2 is 1.68 bits per heavy atom. The molecular weight excluding hydrogens is 348 g/mol. The topological polar surface area (TPSA) is 46.5 Å². The summed E-state index contributed by atoms with van der Waals surface area (Å²) >= 11 is 0. The van der Waals surface area contributed by atoms with Crippen LogP contribution in [0.1, 0.15) is 29.5 Å². The Kier molecular flexibility index (Phi) is 5.43. The lowest BCUT2D eigenvalue weighted by molar-refractivity contribution is -0.138. The van der Waals surface area contributed by atoms with Crippen molar-refractivity contribution in [2.24, 2.45) is 5.92 Å². The zero-order valence-electron chi connectivity index (χ0n) is 15.8.